The number of rotatable bonds is 5. The van der Waals surface area contributed by atoms with Crippen LogP contribution < -0.4 is 5.32 Å². The van der Waals surface area contributed by atoms with Gasteiger partial charge in [0.2, 0.25) is 11.8 Å². The second kappa shape index (κ2) is 8.53. The first-order valence-corrected chi connectivity index (χ1v) is 12.3. The van der Waals surface area contributed by atoms with Gasteiger partial charge in [-0.05, 0) is 62.3 Å². The predicted octanol–water partition coefficient (Wildman–Crippen LogP) is 3.24. The Hall–Kier alpha value is -2.37. The molecule has 4 aliphatic rings. The summed E-state index contributed by atoms with van der Waals surface area (Å²) < 4.78 is 5.75. The molecule has 4 fully saturated rings. The topological polar surface area (TPSA) is 75.7 Å². The molecule has 2 amide bonds. The molecule has 0 bridgehead atoms. The first-order valence-electron chi connectivity index (χ1n) is 12.3. The summed E-state index contributed by atoms with van der Waals surface area (Å²) in [7, 11) is 0. The van der Waals surface area contributed by atoms with E-state index in [1.807, 2.05) is 23.1 Å². The second-order valence-corrected chi connectivity index (χ2v) is 10.3. The molecule has 2 spiro atoms. The van der Waals surface area contributed by atoms with E-state index in [1.165, 1.54) is 5.56 Å². The number of carbonyl (C=O) groups is 3. The van der Waals surface area contributed by atoms with Gasteiger partial charge in [-0.1, -0.05) is 36.8 Å². The lowest BCUT2D eigenvalue weighted by molar-refractivity contribution is -0.156. The molecule has 2 atom stereocenters. The Bertz CT molecular complexity index is 869. The second-order valence-electron chi connectivity index (χ2n) is 10.3. The fourth-order valence-corrected chi connectivity index (χ4v) is 6.37. The average Bonchev–Trinajstić information content (AvgIpc) is 3.42. The number of amides is 2. The third-order valence-corrected chi connectivity index (χ3v) is 8.45. The summed E-state index contributed by atoms with van der Waals surface area (Å²) in [5, 5.41) is 3.11. The molecular weight excluding hydrogens is 404 g/mol. The van der Waals surface area contributed by atoms with Gasteiger partial charge in [0.05, 0.1) is 12.3 Å². The van der Waals surface area contributed by atoms with Crippen molar-refractivity contribution in [3.05, 3.63) is 35.9 Å². The molecule has 32 heavy (non-hydrogen) atoms. The molecule has 5 rings (SSSR count). The highest BCUT2D eigenvalue weighted by Crippen LogP contribution is 2.59. The molecule has 2 saturated carbocycles. The summed E-state index contributed by atoms with van der Waals surface area (Å²) >= 11 is 0. The summed E-state index contributed by atoms with van der Waals surface area (Å²) in [6, 6.07) is 10.2. The van der Waals surface area contributed by atoms with Gasteiger partial charge in [-0.15, -0.1) is 0 Å². The van der Waals surface area contributed by atoms with E-state index in [-0.39, 0.29) is 41.5 Å². The van der Waals surface area contributed by atoms with Crippen LogP contribution in [0, 0.1) is 17.3 Å². The zero-order chi connectivity index (χ0) is 22.2. The van der Waals surface area contributed by atoms with E-state index in [2.05, 4.69) is 17.4 Å². The molecule has 1 aromatic carbocycles. The highest BCUT2D eigenvalue weighted by Gasteiger charge is 2.60. The Labute approximate surface area is 190 Å². The van der Waals surface area contributed by atoms with Gasteiger partial charge in [0.1, 0.15) is 5.60 Å². The minimum absolute atomic E-state index is 0.0676. The van der Waals surface area contributed by atoms with E-state index in [4.69, 9.17) is 4.74 Å². The number of nitrogens with zero attached hydrogens (tertiary/aromatic N) is 1. The van der Waals surface area contributed by atoms with Gasteiger partial charge in [-0.3, -0.25) is 14.4 Å². The van der Waals surface area contributed by atoms with Crippen LogP contribution in [0.25, 0.3) is 0 Å². The van der Waals surface area contributed by atoms with Crippen LogP contribution in [0.4, 0.5) is 0 Å². The van der Waals surface area contributed by atoms with E-state index in [0.29, 0.717) is 19.6 Å². The molecule has 6 nitrogen and oxygen atoms in total. The molecule has 0 aromatic heterocycles. The maximum Gasteiger partial charge on any atom is 0.307 e. The smallest absolute Gasteiger partial charge is 0.307 e. The summed E-state index contributed by atoms with van der Waals surface area (Å²) in [5.74, 6) is -0.195. The zero-order valence-electron chi connectivity index (χ0n) is 18.8. The fourth-order valence-electron chi connectivity index (χ4n) is 6.37. The van der Waals surface area contributed by atoms with Gasteiger partial charge < -0.3 is 15.0 Å². The monoisotopic (exact) mass is 438 g/mol. The van der Waals surface area contributed by atoms with Crippen molar-refractivity contribution in [1.29, 1.82) is 0 Å². The number of nitrogens with one attached hydrogen (secondary N) is 1. The van der Waals surface area contributed by atoms with Crippen LogP contribution in [0.2, 0.25) is 0 Å². The molecule has 2 aliphatic heterocycles. The molecule has 2 saturated heterocycles. The minimum atomic E-state index is -0.553. The van der Waals surface area contributed by atoms with Gasteiger partial charge in [-0.2, -0.15) is 0 Å². The summed E-state index contributed by atoms with van der Waals surface area (Å²) in [4.78, 5) is 40.1. The Morgan fingerprint density at radius 1 is 1.00 bits per heavy atom. The molecule has 172 valence electrons. The Kier molecular flexibility index (Phi) is 5.72. The first-order chi connectivity index (χ1) is 15.5. The van der Waals surface area contributed by atoms with E-state index in [0.717, 1.165) is 57.8 Å². The van der Waals surface area contributed by atoms with Crippen molar-refractivity contribution in [2.24, 2.45) is 17.3 Å². The van der Waals surface area contributed by atoms with Crippen molar-refractivity contribution >= 4 is 17.8 Å². The Morgan fingerprint density at radius 2 is 1.72 bits per heavy atom. The number of hydrogen-bond acceptors (Lipinski definition) is 4. The molecule has 2 aliphatic carbocycles. The lowest BCUT2D eigenvalue weighted by atomic mass is 9.75. The number of carbonyl (C=O) groups excluding carboxylic acids is 3. The average molecular weight is 439 g/mol. The Morgan fingerprint density at radius 3 is 2.44 bits per heavy atom. The maximum absolute atomic E-state index is 13.4. The summed E-state index contributed by atoms with van der Waals surface area (Å²) in [5.41, 5.74) is 0.746. The quantitative estimate of drug-likeness (QED) is 0.716. The highest BCUT2D eigenvalue weighted by molar-refractivity contribution is 5.88. The van der Waals surface area contributed by atoms with Crippen LogP contribution in [0.3, 0.4) is 0 Å². The molecule has 2 heterocycles. The van der Waals surface area contributed by atoms with E-state index in [9.17, 15) is 14.4 Å². The molecule has 0 unspecified atom stereocenters. The minimum Gasteiger partial charge on any atom is -0.458 e. The van der Waals surface area contributed by atoms with Gasteiger partial charge in [0.25, 0.3) is 0 Å². The van der Waals surface area contributed by atoms with Gasteiger partial charge in [0, 0.05) is 25.6 Å². The lowest BCUT2D eigenvalue weighted by Crippen LogP contribution is -2.49. The summed E-state index contributed by atoms with van der Waals surface area (Å²) in [6.45, 7) is 2.04. The maximum atomic E-state index is 13.4. The largest absolute Gasteiger partial charge is 0.458 e. The van der Waals surface area contributed by atoms with Crippen LogP contribution in [0.15, 0.2) is 30.3 Å². The van der Waals surface area contributed by atoms with Crippen LogP contribution in [-0.2, 0) is 25.5 Å². The molecule has 1 aromatic rings. The zero-order valence-corrected chi connectivity index (χ0v) is 18.8. The Balaban J connectivity index is 1.12. The molecular formula is C26H34N2O4. The van der Waals surface area contributed by atoms with Gasteiger partial charge in [0.15, 0.2) is 0 Å². The SMILES string of the molecule is O=C1C[C@@H](C(=O)N2CCC3(CC2)C[C@H]3C(=O)NCCc2ccccc2)C2(CCCCC2)O1. The lowest BCUT2D eigenvalue weighted by Gasteiger charge is -2.40. The van der Waals surface area contributed by atoms with E-state index in [1.54, 1.807) is 0 Å². The number of piperidine rings is 1. The number of likely N-dealkylation sites (tertiary alicyclic amines) is 1. The van der Waals surface area contributed by atoms with Crippen molar-refractivity contribution in [1.82, 2.24) is 10.2 Å². The van der Waals surface area contributed by atoms with Crippen molar-refractivity contribution in [2.75, 3.05) is 19.6 Å². The standard InChI is InChI=1S/C26H34N2O4/c29-22-17-20(26(32-22)10-5-2-6-11-26)24(31)28-15-12-25(13-16-28)18-21(25)23(30)27-14-9-19-7-3-1-4-8-19/h1,3-4,7-8,20-21H,2,5-6,9-18H2,(H,27,30)/t20-,21-/m0/s1. The van der Waals surface area contributed by atoms with Crippen LogP contribution in [-0.4, -0.2) is 47.9 Å². The van der Waals surface area contributed by atoms with Crippen molar-refractivity contribution in [3.63, 3.8) is 0 Å². The van der Waals surface area contributed by atoms with Crippen molar-refractivity contribution in [3.8, 4) is 0 Å². The van der Waals surface area contributed by atoms with Gasteiger partial charge >= 0.3 is 5.97 Å². The number of benzene rings is 1. The molecule has 6 heteroatoms. The van der Waals surface area contributed by atoms with Gasteiger partial charge in [-0.25, -0.2) is 0 Å². The molecule has 0 radical (unpaired) electrons. The number of ether oxygens (including phenoxy) is 1. The normalized spacial score (nSPS) is 27.9. The first kappa shape index (κ1) is 21.5. The van der Waals surface area contributed by atoms with E-state index < -0.39 is 5.60 Å². The molecule has 1 N–H and O–H groups in total. The van der Waals surface area contributed by atoms with Crippen LogP contribution in [0.1, 0.15) is 63.4 Å². The van der Waals surface area contributed by atoms with Crippen LogP contribution in [0.5, 0.6) is 0 Å². The highest BCUT2D eigenvalue weighted by atomic mass is 16.6. The predicted molar refractivity (Wildman–Crippen MR) is 120 cm³/mol. The van der Waals surface area contributed by atoms with Crippen molar-refractivity contribution in [2.45, 2.75) is 69.8 Å². The summed E-state index contributed by atoms with van der Waals surface area (Å²) in [6.07, 6.45) is 8.61. The van der Waals surface area contributed by atoms with Crippen molar-refractivity contribution < 1.29 is 19.1 Å². The number of esters is 1. The third kappa shape index (κ3) is 4.04. The van der Waals surface area contributed by atoms with Crippen LogP contribution >= 0.6 is 0 Å². The van der Waals surface area contributed by atoms with E-state index >= 15 is 0 Å². The number of hydrogen-bond donors (Lipinski definition) is 1. The fraction of sp³-hybridized carbons (Fsp3) is 0.654. The third-order valence-electron chi connectivity index (χ3n) is 8.45.